The summed E-state index contributed by atoms with van der Waals surface area (Å²) in [6.07, 6.45) is 4.50. The summed E-state index contributed by atoms with van der Waals surface area (Å²) in [5.41, 5.74) is -0.878. The largest absolute Gasteiger partial charge is 0.479 e. The third-order valence-electron chi connectivity index (χ3n) is 4.07. The molecule has 0 spiro atoms. The molecule has 1 aliphatic rings. The van der Waals surface area contributed by atoms with E-state index in [9.17, 15) is 14.7 Å². The molecular weight excluding hydrogens is 306 g/mol. The molecule has 0 bridgehead atoms. The van der Waals surface area contributed by atoms with Crippen molar-refractivity contribution in [3.8, 4) is 0 Å². The zero-order chi connectivity index (χ0) is 17.8. The van der Waals surface area contributed by atoms with E-state index in [2.05, 4.69) is 0 Å². The Kier molecular flexibility index (Phi) is 5.32. The lowest BCUT2D eigenvalue weighted by Crippen LogP contribution is -2.54. The molecule has 1 N–H and O–H groups in total. The van der Waals surface area contributed by atoms with Crippen LogP contribution < -0.4 is 0 Å². The van der Waals surface area contributed by atoms with Gasteiger partial charge in [0.15, 0.2) is 0 Å². The molecule has 0 radical (unpaired) electrons. The van der Waals surface area contributed by atoms with Crippen LogP contribution in [0.1, 0.15) is 45.6 Å². The Hall–Kier alpha value is -2.30. The quantitative estimate of drug-likeness (QED) is 0.907. The fourth-order valence-electron chi connectivity index (χ4n) is 2.94. The Labute approximate surface area is 142 Å². The van der Waals surface area contributed by atoms with E-state index in [0.717, 1.165) is 5.56 Å². The van der Waals surface area contributed by atoms with Crippen LogP contribution in [0.15, 0.2) is 36.4 Å². The summed E-state index contributed by atoms with van der Waals surface area (Å²) in [5.74, 6) is -0.983. The van der Waals surface area contributed by atoms with Crippen molar-refractivity contribution in [2.75, 3.05) is 6.54 Å². The first-order chi connectivity index (χ1) is 11.2. The summed E-state index contributed by atoms with van der Waals surface area (Å²) >= 11 is 0. The fourth-order valence-corrected chi connectivity index (χ4v) is 2.94. The first kappa shape index (κ1) is 18.0. The maximum absolute atomic E-state index is 12.4. The van der Waals surface area contributed by atoms with Crippen molar-refractivity contribution in [2.24, 2.45) is 0 Å². The minimum Gasteiger partial charge on any atom is -0.479 e. The van der Waals surface area contributed by atoms with E-state index in [-0.39, 0.29) is 6.42 Å². The molecule has 1 amide bonds. The van der Waals surface area contributed by atoms with Gasteiger partial charge in [0, 0.05) is 6.54 Å². The van der Waals surface area contributed by atoms with Gasteiger partial charge in [-0.05, 0) is 45.6 Å². The molecule has 1 saturated heterocycles. The molecule has 1 heterocycles. The minimum absolute atomic E-state index is 0.260. The Balaban J connectivity index is 2.18. The lowest BCUT2D eigenvalue weighted by atomic mass is 9.91. The molecule has 5 nitrogen and oxygen atoms in total. The number of nitrogens with zero attached hydrogens (tertiary/aromatic N) is 1. The van der Waals surface area contributed by atoms with Crippen molar-refractivity contribution in [2.45, 2.75) is 51.2 Å². The highest BCUT2D eigenvalue weighted by Crippen LogP contribution is 2.35. The minimum atomic E-state index is -1.23. The van der Waals surface area contributed by atoms with Gasteiger partial charge >= 0.3 is 12.1 Å². The van der Waals surface area contributed by atoms with Crippen LogP contribution in [0, 0.1) is 0 Å². The third kappa shape index (κ3) is 4.16. The molecule has 1 aromatic rings. The van der Waals surface area contributed by atoms with Crippen LogP contribution in [0.25, 0.3) is 6.08 Å². The standard InChI is InChI=1S/C19H25NO4/c1-18(2,3)24-17(23)20-14-8-13-19(20,16(21)22)12-7-11-15-9-5-4-6-10-15/h4-7,9-11H,8,12-14H2,1-3H3,(H,21,22). The highest BCUT2D eigenvalue weighted by molar-refractivity contribution is 5.85. The number of benzene rings is 1. The Morgan fingerprint density at radius 1 is 1.29 bits per heavy atom. The highest BCUT2D eigenvalue weighted by atomic mass is 16.6. The van der Waals surface area contributed by atoms with E-state index in [1.54, 1.807) is 20.8 Å². The van der Waals surface area contributed by atoms with Crippen molar-refractivity contribution in [3.63, 3.8) is 0 Å². The molecule has 0 aliphatic carbocycles. The number of hydrogen-bond donors (Lipinski definition) is 1. The molecule has 0 aromatic heterocycles. The topological polar surface area (TPSA) is 66.8 Å². The molecule has 1 unspecified atom stereocenters. The van der Waals surface area contributed by atoms with Gasteiger partial charge in [0.05, 0.1) is 0 Å². The molecular formula is C19H25NO4. The molecule has 24 heavy (non-hydrogen) atoms. The van der Waals surface area contributed by atoms with Crippen molar-refractivity contribution < 1.29 is 19.4 Å². The van der Waals surface area contributed by atoms with Crippen LogP contribution >= 0.6 is 0 Å². The average molecular weight is 331 g/mol. The Bertz CT molecular complexity index is 618. The van der Waals surface area contributed by atoms with Crippen molar-refractivity contribution in [1.29, 1.82) is 0 Å². The zero-order valence-corrected chi connectivity index (χ0v) is 14.5. The molecule has 130 valence electrons. The van der Waals surface area contributed by atoms with Gasteiger partial charge < -0.3 is 9.84 Å². The molecule has 1 aromatic carbocycles. The van der Waals surface area contributed by atoms with Gasteiger partial charge in [-0.25, -0.2) is 9.59 Å². The lowest BCUT2D eigenvalue weighted by Gasteiger charge is -2.35. The summed E-state index contributed by atoms with van der Waals surface area (Å²) in [4.78, 5) is 25.8. The SMILES string of the molecule is CC(C)(C)OC(=O)N1CCCC1(CC=Cc1ccccc1)C(=O)O. The van der Waals surface area contributed by atoms with Gasteiger partial charge in [0.1, 0.15) is 11.1 Å². The van der Waals surface area contributed by atoms with Gasteiger partial charge in [-0.1, -0.05) is 42.5 Å². The average Bonchev–Trinajstić information content (AvgIpc) is 2.92. The number of carbonyl (C=O) groups is 2. The number of amides is 1. The lowest BCUT2D eigenvalue weighted by molar-refractivity contribution is -0.149. The van der Waals surface area contributed by atoms with Gasteiger partial charge in [-0.2, -0.15) is 0 Å². The Morgan fingerprint density at radius 3 is 2.54 bits per heavy atom. The summed E-state index contributed by atoms with van der Waals surface area (Å²) in [5, 5.41) is 9.80. The van der Waals surface area contributed by atoms with Gasteiger partial charge in [0.25, 0.3) is 0 Å². The molecule has 1 fully saturated rings. The van der Waals surface area contributed by atoms with Crippen LogP contribution in [-0.2, 0) is 9.53 Å². The monoisotopic (exact) mass is 331 g/mol. The fraction of sp³-hybridized carbons (Fsp3) is 0.474. The van der Waals surface area contributed by atoms with E-state index in [1.807, 2.05) is 42.5 Å². The Morgan fingerprint density at radius 2 is 1.96 bits per heavy atom. The van der Waals surface area contributed by atoms with Crippen LogP contribution in [0.4, 0.5) is 4.79 Å². The predicted molar refractivity (Wildman–Crippen MR) is 92.6 cm³/mol. The summed E-state index contributed by atoms with van der Waals surface area (Å²) in [6, 6.07) is 9.68. The van der Waals surface area contributed by atoms with E-state index in [1.165, 1.54) is 4.90 Å². The number of carboxylic acids is 1. The van der Waals surface area contributed by atoms with Gasteiger partial charge in [-0.15, -0.1) is 0 Å². The first-order valence-corrected chi connectivity index (χ1v) is 8.20. The van der Waals surface area contributed by atoms with Crippen LogP contribution in [0.3, 0.4) is 0 Å². The number of carboxylic acid groups (broad SMARTS) is 1. The molecule has 1 aliphatic heterocycles. The van der Waals surface area contributed by atoms with Gasteiger partial charge in [-0.3, -0.25) is 4.90 Å². The summed E-state index contributed by atoms with van der Waals surface area (Å²) in [6.45, 7) is 5.73. The number of carbonyl (C=O) groups excluding carboxylic acids is 1. The smallest absolute Gasteiger partial charge is 0.411 e. The second-order valence-electron chi connectivity index (χ2n) is 7.09. The number of likely N-dealkylation sites (tertiary alicyclic amines) is 1. The predicted octanol–water partition coefficient (Wildman–Crippen LogP) is 3.94. The van der Waals surface area contributed by atoms with E-state index >= 15 is 0 Å². The van der Waals surface area contributed by atoms with Crippen LogP contribution in [0.2, 0.25) is 0 Å². The summed E-state index contributed by atoms with van der Waals surface area (Å²) in [7, 11) is 0. The molecule has 5 heteroatoms. The van der Waals surface area contributed by atoms with E-state index in [4.69, 9.17) is 4.74 Å². The van der Waals surface area contributed by atoms with Crippen molar-refractivity contribution in [1.82, 2.24) is 4.90 Å². The number of rotatable bonds is 4. The van der Waals surface area contributed by atoms with Crippen molar-refractivity contribution >= 4 is 18.1 Å². The number of ether oxygens (including phenoxy) is 1. The highest BCUT2D eigenvalue weighted by Gasteiger charge is 2.50. The number of hydrogen-bond acceptors (Lipinski definition) is 3. The molecule has 1 atom stereocenters. The van der Waals surface area contributed by atoms with Crippen LogP contribution in [-0.4, -0.2) is 39.8 Å². The maximum atomic E-state index is 12.4. The first-order valence-electron chi connectivity index (χ1n) is 8.20. The maximum Gasteiger partial charge on any atom is 0.411 e. The van der Waals surface area contributed by atoms with Crippen molar-refractivity contribution in [3.05, 3.63) is 42.0 Å². The second-order valence-corrected chi connectivity index (χ2v) is 7.09. The third-order valence-corrected chi connectivity index (χ3v) is 4.07. The van der Waals surface area contributed by atoms with Gasteiger partial charge in [0.2, 0.25) is 0 Å². The molecule has 2 rings (SSSR count). The molecule has 0 saturated carbocycles. The van der Waals surface area contributed by atoms with E-state index in [0.29, 0.717) is 19.4 Å². The zero-order valence-electron chi connectivity index (χ0n) is 14.5. The normalized spacial score (nSPS) is 21.2. The van der Waals surface area contributed by atoms with Crippen LogP contribution in [0.5, 0.6) is 0 Å². The number of aliphatic carboxylic acids is 1. The van der Waals surface area contributed by atoms with E-state index < -0.39 is 23.2 Å². The summed E-state index contributed by atoms with van der Waals surface area (Å²) < 4.78 is 5.39. The second kappa shape index (κ2) is 7.07.